The van der Waals surface area contributed by atoms with Crippen molar-refractivity contribution in [2.24, 2.45) is 5.92 Å². The maximum Gasteiger partial charge on any atom is 0.243 e. The number of sulfonamides is 1. The molecule has 1 saturated carbocycles. The number of rotatable bonds is 7. The highest BCUT2D eigenvalue weighted by Crippen LogP contribution is 2.36. The molecule has 1 aromatic carbocycles. The van der Waals surface area contributed by atoms with Gasteiger partial charge in [-0.15, -0.1) is 0 Å². The van der Waals surface area contributed by atoms with Gasteiger partial charge < -0.3 is 9.88 Å². The third-order valence-corrected chi connectivity index (χ3v) is 9.34. The number of aryl methyl sites for hydroxylation is 1. The van der Waals surface area contributed by atoms with Crippen molar-refractivity contribution in [1.29, 1.82) is 0 Å². The molecular formula is C26H33N5O2S. The van der Waals surface area contributed by atoms with Gasteiger partial charge in [0.05, 0.1) is 23.5 Å². The zero-order valence-corrected chi connectivity index (χ0v) is 20.5. The lowest BCUT2D eigenvalue weighted by molar-refractivity contribution is 0.350. The molecule has 3 heterocycles. The van der Waals surface area contributed by atoms with Gasteiger partial charge in [0.1, 0.15) is 0 Å². The minimum atomic E-state index is -3.67. The molecule has 2 aromatic heterocycles. The molecule has 0 unspecified atom stereocenters. The van der Waals surface area contributed by atoms with E-state index >= 15 is 0 Å². The van der Waals surface area contributed by atoms with E-state index in [2.05, 4.69) is 32.0 Å². The van der Waals surface area contributed by atoms with Crippen LogP contribution in [0.3, 0.4) is 0 Å². The zero-order valence-electron chi connectivity index (χ0n) is 19.7. The summed E-state index contributed by atoms with van der Waals surface area (Å²) in [6.07, 6.45) is 14.1. The van der Waals surface area contributed by atoms with E-state index in [-0.39, 0.29) is 6.04 Å². The zero-order chi connectivity index (χ0) is 23.5. The number of nitrogens with zero attached hydrogens (tertiary/aromatic N) is 4. The quantitative estimate of drug-likeness (QED) is 0.533. The average molecular weight is 480 g/mol. The molecule has 1 atom stereocenters. The van der Waals surface area contributed by atoms with E-state index in [0.29, 0.717) is 30.1 Å². The smallest absolute Gasteiger partial charge is 0.243 e. The summed E-state index contributed by atoms with van der Waals surface area (Å²) in [5, 5.41) is 0. The first-order valence-electron chi connectivity index (χ1n) is 12.2. The van der Waals surface area contributed by atoms with Gasteiger partial charge in [0.25, 0.3) is 0 Å². The van der Waals surface area contributed by atoms with E-state index < -0.39 is 10.0 Å². The van der Waals surface area contributed by atoms with E-state index in [0.717, 1.165) is 35.7 Å². The highest BCUT2D eigenvalue weighted by Gasteiger charge is 2.35. The summed E-state index contributed by atoms with van der Waals surface area (Å²) in [7, 11) is -3.67. The number of pyridine rings is 1. The van der Waals surface area contributed by atoms with Crippen molar-refractivity contribution >= 4 is 15.7 Å². The second-order valence-corrected chi connectivity index (χ2v) is 11.6. The Hall–Kier alpha value is -2.71. The molecule has 3 aromatic rings. The molecule has 5 rings (SSSR count). The summed E-state index contributed by atoms with van der Waals surface area (Å²) < 4.78 is 29.4. The molecule has 1 aliphatic heterocycles. The Morgan fingerprint density at radius 2 is 1.88 bits per heavy atom. The summed E-state index contributed by atoms with van der Waals surface area (Å²) in [5.74, 6) is 0.750. The predicted molar refractivity (Wildman–Crippen MR) is 133 cm³/mol. The molecule has 1 N–H and O–H groups in total. The fourth-order valence-corrected chi connectivity index (χ4v) is 7.17. The van der Waals surface area contributed by atoms with Gasteiger partial charge in [-0.25, -0.2) is 13.4 Å². The first kappa shape index (κ1) is 23.1. The van der Waals surface area contributed by atoms with Gasteiger partial charge in [-0.3, -0.25) is 4.98 Å². The Kier molecular flexibility index (Phi) is 6.70. The lowest BCUT2D eigenvalue weighted by atomic mass is 9.97. The maximum absolute atomic E-state index is 13.9. The van der Waals surface area contributed by atoms with E-state index in [9.17, 15) is 8.42 Å². The molecule has 34 heavy (non-hydrogen) atoms. The number of nitrogens with one attached hydrogen (secondary N) is 1. The standard InChI is InChI=1S/C26H33N5O2S/c1-20-14-27-13-12-26(20)34(32,33)30-16-22-8-4-5-9-25(22)31(17-23-15-28-19-29-23)24(18-30)11-10-21-6-2-3-7-21/h4-5,8-9,12-15,19,21,24H,2-3,6-7,10-11,16-18H2,1H3,(H,28,29)/t24-/m1/s1. The summed E-state index contributed by atoms with van der Waals surface area (Å²) >= 11 is 0. The van der Waals surface area contributed by atoms with Crippen LogP contribution in [-0.2, 0) is 23.1 Å². The molecule has 180 valence electrons. The maximum atomic E-state index is 13.9. The molecule has 8 heteroatoms. The Labute approximate surface area is 202 Å². The number of hydrogen-bond acceptors (Lipinski definition) is 5. The number of benzene rings is 1. The van der Waals surface area contributed by atoms with Gasteiger partial charge in [-0.1, -0.05) is 43.9 Å². The van der Waals surface area contributed by atoms with Gasteiger partial charge in [0.2, 0.25) is 10.0 Å². The summed E-state index contributed by atoms with van der Waals surface area (Å²) in [4.78, 5) is 14.3. The van der Waals surface area contributed by atoms with Crippen LogP contribution in [0.2, 0.25) is 0 Å². The van der Waals surface area contributed by atoms with E-state index in [1.165, 1.54) is 25.7 Å². The fourth-order valence-electron chi connectivity index (χ4n) is 5.53. The van der Waals surface area contributed by atoms with Gasteiger partial charge in [-0.2, -0.15) is 4.31 Å². The number of H-pyrrole nitrogens is 1. The SMILES string of the molecule is Cc1cnccc1S(=O)(=O)N1Cc2ccccc2N(Cc2cnc[nH]2)[C@H](CCC2CCCC2)C1. The van der Waals surface area contributed by atoms with Crippen LogP contribution >= 0.6 is 0 Å². The van der Waals surface area contributed by atoms with Crippen LogP contribution in [0.1, 0.15) is 55.3 Å². The van der Waals surface area contributed by atoms with Crippen molar-refractivity contribution in [2.45, 2.75) is 69.5 Å². The van der Waals surface area contributed by atoms with Crippen molar-refractivity contribution in [3.05, 3.63) is 72.1 Å². The van der Waals surface area contributed by atoms with Crippen LogP contribution in [0, 0.1) is 12.8 Å². The summed E-state index contributed by atoms with van der Waals surface area (Å²) in [6.45, 7) is 3.31. The lowest BCUT2D eigenvalue weighted by Crippen LogP contribution is -2.43. The lowest BCUT2D eigenvalue weighted by Gasteiger charge is -2.34. The summed E-state index contributed by atoms with van der Waals surface area (Å²) in [5.41, 5.74) is 3.84. The highest BCUT2D eigenvalue weighted by molar-refractivity contribution is 7.89. The molecule has 0 amide bonds. The number of para-hydroxylation sites is 1. The number of fused-ring (bicyclic) bond motifs is 1. The van der Waals surface area contributed by atoms with Crippen LogP contribution in [-0.4, -0.2) is 40.3 Å². The molecule has 0 spiro atoms. The van der Waals surface area contributed by atoms with Crippen LogP contribution in [0.4, 0.5) is 5.69 Å². The third-order valence-electron chi connectivity index (χ3n) is 7.37. The minimum Gasteiger partial charge on any atom is -0.361 e. The van der Waals surface area contributed by atoms with Crippen LogP contribution in [0.25, 0.3) is 0 Å². The topological polar surface area (TPSA) is 82.2 Å². The van der Waals surface area contributed by atoms with Crippen molar-refractivity contribution < 1.29 is 8.42 Å². The second kappa shape index (κ2) is 9.88. The van der Waals surface area contributed by atoms with Crippen molar-refractivity contribution in [3.8, 4) is 0 Å². The minimum absolute atomic E-state index is 0.0736. The van der Waals surface area contributed by atoms with Gasteiger partial charge in [0, 0.05) is 43.4 Å². The Balaban J connectivity index is 1.53. The molecule has 0 radical (unpaired) electrons. The number of imidazole rings is 1. The molecule has 0 saturated heterocycles. The third kappa shape index (κ3) is 4.74. The van der Waals surface area contributed by atoms with Crippen LogP contribution < -0.4 is 4.90 Å². The van der Waals surface area contributed by atoms with E-state index in [1.54, 1.807) is 29.1 Å². The van der Waals surface area contributed by atoms with Crippen molar-refractivity contribution in [3.63, 3.8) is 0 Å². The number of aromatic amines is 1. The van der Waals surface area contributed by atoms with Gasteiger partial charge in [0.15, 0.2) is 0 Å². The Morgan fingerprint density at radius 3 is 2.65 bits per heavy atom. The van der Waals surface area contributed by atoms with E-state index in [4.69, 9.17) is 0 Å². The molecule has 2 aliphatic rings. The Bertz CT molecular complexity index is 1210. The molecule has 1 aliphatic carbocycles. The highest BCUT2D eigenvalue weighted by atomic mass is 32.2. The normalized spacial score (nSPS) is 19.8. The van der Waals surface area contributed by atoms with Crippen LogP contribution in [0.15, 0.2) is 60.1 Å². The second-order valence-electron chi connectivity index (χ2n) is 9.65. The first-order valence-corrected chi connectivity index (χ1v) is 13.7. The molecule has 1 fully saturated rings. The molecular weight excluding hydrogens is 446 g/mol. The average Bonchev–Trinajstić information content (AvgIpc) is 3.52. The number of hydrogen-bond donors (Lipinski definition) is 1. The fraction of sp³-hybridized carbons (Fsp3) is 0.462. The van der Waals surface area contributed by atoms with Gasteiger partial charge in [-0.05, 0) is 48.9 Å². The van der Waals surface area contributed by atoms with Gasteiger partial charge >= 0.3 is 0 Å². The Morgan fingerprint density at radius 1 is 1.06 bits per heavy atom. The molecule has 0 bridgehead atoms. The molecule has 7 nitrogen and oxygen atoms in total. The largest absolute Gasteiger partial charge is 0.361 e. The van der Waals surface area contributed by atoms with Crippen molar-refractivity contribution in [1.82, 2.24) is 19.3 Å². The number of anilines is 1. The number of aromatic nitrogens is 3. The monoisotopic (exact) mass is 479 g/mol. The van der Waals surface area contributed by atoms with Crippen molar-refractivity contribution in [2.75, 3.05) is 11.4 Å². The first-order chi connectivity index (χ1) is 16.5. The summed E-state index contributed by atoms with van der Waals surface area (Å²) in [6, 6.07) is 9.92. The van der Waals surface area contributed by atoms with Crippen LogP contribution in [0.5, 0.6) is 0 Å². The predicted octanol–water partition coefficient (Wildman–Crippen LogP) is 4.66. The van der Waals surface area contributed by atoms with E-state index in [1.807, 2.05) is 25.3 Å².